The number of hydrogen-bond acceptors (Lipinski definition) is 3. The largest absolute Gasteiger partial charge is 0.481 e. The van der Waals surface area contributed by atoms with Crippen molar-refractivity contribution in [1.29, 1.82) is 0 Å². The van der Waals surface area contributed by atoms with Gasteiger partial charge in [-0.25, -0.2) is 0 Å². The number of rotatable bonds is 18. The molecule has 0 unspecified atom stereocenters. The Hall–Kier alpha value is -2.37. The number of carboxylic acid groups (broad SMARTS) is 3. The quantitative estimate of drug-likeness (QED) is 0.280. The molecule has 1 aromatic carbocycles. The Morgan fingerprint density at radius 1 is 0.533 bits per heavy atom. The smallest absolute Gasteiger partial charge is 0.303 e. The summed E-state index contributed by atoms with van der Waals surface area (Å²) in [5.74, 6) is -2.25. The molecule has 0 saturated carbocycles. The Morgan fingerprint density at radius 3 is 1.27 bits per heavy atom. The predicted molar refractivity (Wildman–Crippen MR) is 116 cm³/mol. The van der Waals surface area contributed by atoms with Gasteiger partial charge in [0.2, 0.25) is 0 Å². The van der Waals surface area contributed by atoms with E-state index in [0.29, 0.717) is 19.3 Å². The van der Waals surface area contributed by atoms with Crippen molar-refractivity contribution in [2.45, 2.75) is 96.3 Å². The maximum atomic E-state index is 10.7. The van der Waals surface area contributed by atoms with Crippen LogP contribution in [0.4, 0.5) is 0 Å². The van der Waals surface area contributed by atoms with Gasteiger partial charge < -0.3 is 15.3 Å². The first-order valence-electron chi connectivity index (χ1n) is 11.1. The van der Waals surface area contributed by atoms with Crippen LogP contribution in [0.15, 0.2) is 18.2 Å². The van der Waals surface area contributed by atoms with Crippen LogP contribution in [0, 0.1) is 0 Å². The van der Waals surface area contributed by atoms with E-state index in [4.69, 9.17) is 15.3 Å². The van der Waals surface area contributed by atoms with Gasteiger partial charge in [-0.3, -0.25) is 14.4 Å². The minimum absolute atomic E-state index is 0.210. The van der Waals surface area contributed by atoms with Gasteiger partial charge in [-0.05, 0) is 74.5 Å². The van der Waals surface area contributed by atoms with Gasteiger partial charge in [0.1, 0.15) is 0 Å². The lowest BCUT2D eigenvalue weighted by molar-refractivity contribution is -0.138. The molecule has 0 heterocycles. The van der Waals surface area contributed by atoms with E-state index in [1.807, 2.05) is 0 Å². The maximum absolute atomic E-state index is 10.7. The molecule has 3 N–H and O–H groups in total. The first-order valence-corrected chi connectivity index (χ1v) is 11.1. The second-order valence-corrected chi connectivity index (χ2v) is 7.92. The van der Waals surface area contributed by atoms with E-state index in [2.05, 4.69) is 18.2 Å². The van der Waals surface area contributed by atoms with Crippen LogP contribution in [0.1, 0.15) is 93.7 Å². The van der Waals surface area contributed by atoms with Gasteiger partial charge in [0.25, 0.3) is 0 Å². The number of unbranched alkanes of at least 4 members (excludes halogenated alkanes) is 6. The zero-order chi connectivity index (χ0) is 22.2. The first-order chi connectivity index (χ1) is 14.4. The lowest BCUT2D eigenvalue weighted by Gasteiger charge is -2.15. The molecule has 1 rings (SSSR count). The number of carbonyl (C=O) groups is 3. The maximum Gasteiger partial charge on any atom is 0.303 e. The number of hydrogen-bond donors (Lipinski definition) is 3. The third-order valence-corrected chi connectivity index (χ3v) is 5.36. The van der Waals surface area contributed by atoms with E-state index >= 15 is 0 Å². The molecule has 0 fully saturated rings. The fraction of sp³-hybridized carbons (Fsp3) is 0.625. The molecule has 0 amide bonds. The van der Waals surface area contributed by atoms with Crippen LogP contribution >= 0.6 is 0 Å². The van der Waals surface area contributed by atoms with Crippen molar-refractivity contribution in [2.24, 2.45) is 0 Å². The summed E-state index contributed by atoms with van der Waals surface area (Å²) in [4.78, 5) is 32.0. The fourth-order valence-electron chi connectivity index (χ4n) is 3.77. The Bertz CT molecular complexity index is 625. The van der Waals surface area contributed by atoms with Gasteiger partial charge in [-0.1, -0.05) is 37.5 Å². The summed E-state index contributed by atoms with van der Waals surface area (Å²) in [5.41, 5.74) is 3.97. The summed E-state index contributed by atoms with van der Waals surface area (Å²) in [7, 11) is 0. The summed E-state index contributed by atoms with van der Waals surface area (Å²) in [6.45, 7) is 0. The van der Waals surface area contributed by atoms with E-state index < -0.39 is 17.9 Å². The molecule has 6 heteroatoms. The summed E-state index contributed by atoms with van der Waals surface area (Å²) in [6, 6.07) is 6.38. The Labute approximate surface area is 179 Å². The van der Waals surface area contributed by atoms with Gasteiger partial charge in [-0.2, -0.15) is 0 Å². The molecule has 1 aromatic rings. The second-order valence-electron chi connectivity index (χ2n) is 7.92. The van der Waals surface area contributed by atoms with Crippen LogP contribution in [-0.2, 0) is 33.6 Å². The Kier molecular flexibility index (Phi) is 13.2. The Balaban J connectivity index is 2.64. The molecule has 0 aromatic heterocycles. The molecule has 0 aliphatic heterocycles. The average molecular weight is 421 g/mol. The number of aliphatic carboxylic acids is 3. The molecule has 6 nitrogen and oxygen atoms in total. The second kappa shape index (κ2) is 15.5. The third-order valence-electron chi connectivity index (χ3n) is 5.36. The molecule has 0 aliphatic carbocycles. The monoisotopic (exact) mass is 420 g/mol. The topological polar surface area (TPSA) is 112 Å². The van der Waals surface area contributed by atoms with E-state index in [-0.39, 0.29) is 19.3 Å². The zero-order valence-corrected chi connectivity index (χ0v) is 17.9. The van der Waals surface area contributed by atoms with Gasteiger partial charge in [-0.15, -0.1) is 0 Å². The summed E-state index contributed by atoms with van der Waals surface area (Å²) in [5, 5.41) is 26.3. The summed E-state index contributed by atoms with van der Waals surface area (Å²) < 4.78 is 0. The highest BCUT2D eigenvalue weighted by Crippen LogP contribution is 2.23. The lowest BCUT2D eigenvalue weighted by Crippen LogP contribution is -2.03. The molecule has 0 spiro atoms. The molecular weight excluding hydrogens is 384 g/mol. The van der Waals surface area contributed by atoms with Crippen molar-refractivity contribution in [3.8, 4) is 0 Å². The number of benzene rings is 1. The van der Waals surface area contributed by atoms with Crippen LogP contribution in [0.2, 0.25) is 0 Å². The lowest BCUT2D eigenvalue weighted by atomic mass is 9.90. The number of carboxylic acids is 3. The van der Waals surface area contributed by atoms with Crippen LogP contribution in [-0.4, -0.2) is 33.2 Å². The summed E-state index contributed by atoms with van der Waals surface area (Å²) in [6.07, 6.45) is 11.1. The predicted octanol–water partition coefficient (Wildman–Crippen LogP) is 5.25. The first kappa shape index (κ1) is 25.7. The van der Waals surface area contributed by atoms with E-state index in [1.54, 1.807) is 0 Å². The molecule has 30 heavy (non-hydrogen) atoms. The van der Waals surface area contributed by atoms with Gasteiger partial charge in [0.05, 0.1) is 0 Å². The molecule has 0 saturated heterocycles. The van der Waals surface area contributed by atoms with Gasteiger partial charge in [0, 0.05) is 19.3 Å². The van der Waals surface area contributed by atoms with Crippen LogP contribution < -0.4 is 0 Å². The Morgan fingerprint density at radius 2 is 0.900 bits per heavy atom. The standard InChI is InChI=1S/C24H36O6/c25-22(26)16-7-1-4-11-19-13-10-14-20(12-5-2-8-17-23(27)28)21(19)15-6-3-9-18-24(29)30/h10,13-14H,1-9,11-12,15-18H2,(H,25,26)(H,27,28)(H,29,30). The fourth-order valence-corrected chi connectivity index (χ4v) is 3.77. The molecule has 168 valence electrons. The van der Waals surface area contributed by atoms with Crippen molar-refractivity contribution >= 4 is 17.9 Å². The van der Waals surface area contributed by atoms with Gasteiger partial charge >= 0.3 is 17.9 Å². The van der Waals surface area contributed by atoms with Crippen LogP contribution in [0.5, 0.6) is 0 Å². The minimum atomic E-state index is -0.751. The normalized spacial score (nSPS) is 10.8. The molecule has 0 radical (unpaired) electrons. The van der Waals surface area contributed by atoms with Crippen molar-refractivity contribution in [1.82, 2.24) is 0 Å². The zero-order valence-electron chi connectivity index (χ0n) is 17.9. The van der Waals surface area contributed by atoms with E-state index in [9.17, 15) is 14.4 Å². The SMILES string of the molecule is O=C(O)CCCCCc1cccc(CCCCCC(=O)O)c1CCCCCC(=O)O. The summed E-state index contributed by atoms with van der Waals surface area (Å²) >= 11 is 0. The minimum Gasteiger partial charge on any atom is -0.481 e. The van der Waals surface area contributed by atoms with Crippen LogP contribution in [0.3, 0.4) is 0 Å². The number of aryl methyl sites for hydroxylation is 2. The van der Waals surface area contributed by atoms with Crippen molar-refractivity contribution < 1.29 is 29.7 Å². The highest BCUT2D eigenvalue weighted by Gasteiger charge is 2.09. The third kappa shape index (κ3) is 12.2. The molecular formula is C24H36O6. The molecule has 0 aliphatic rings. The molecule has 0 atom stereocenters. The molecule has 0 bridgehead atoms. The van der Waals surface area contributed by atoms with Gasteiger partial charge in [0.15, 0.2) is 0 Å². The van der Waals surface area contributed by atoms with Crippen molar-refractivity contribution in [3.63, 3.8) is 0 Å². The van der Waals surface area contributed by atoms with E-state index in [1.165, 1.54) is 16.7 Å². The van der Waals surface area contributed by atoms with E-state index in [0.717, 1.165) is 57.8 Å². The van der Waals surface area contributed by atoms with Crippen LogP contribution in [0.25, 0.3) is 0 Å². The van der Waals surface area contributed by atoms with Crippen molar-refractivity contribution in [2.75, 3.05) is 0 Å². The van der Waals surface area contributed by atoms with Crippen molar-refractivity contribution in [3.05, 3.63) is 34.9 Å². The average Bonchev–Trinajstić information content (AvgIpc) is 2.67. The highest BCUT2D eigenvalue weighted by molar-refractivity contribution is 5.67. The highest BCUT2D eigenvalue weighted by atomic mass is 16.4.